The second-order valence-electron chi connectivity index (χ2n) is 3.62. The first-order valence-corrected chi connectivity index (χ1v) is 7.21. The summed E-state index contributed by atoms with van der Waals surface area (Å²) < 4.78 is 40.5. The molecule has 102 valence electrons. The van der Waals surface area contributed by atoms with Crippen molar-refractivity contribution in [3.63, 3.8) is 0 Å². The van der Waals surface area contributed by atoms with Gasteiger partial charge in [-0.2, -0.15) is 0 Å². The molecule has 1 atom stereocenters. The van der Waals surface area contributed by atoms with E-state index < -0.39 is 6.36 Å². The lowest BCUT2D eigenvalue weighted by molar-refractivity contribution is -0.274. The van der Waals surface area contributed by atoms with Crippen LogP contribution in [-0.2, 0) is 0 Å². The molecule has 0 aliphatic rings. The quantitative estimate of drug-likeness (QED) is 0.621. The number of thiophene rings is 1. The molecule has 0 bridgehead atoms. The molecule has 0 fully saturated rings. The Morgan fingerprint density at radius 3 is 2.21 bits per heavy atom. The molecule has 1 unspecified atom stereocenters. The maximum absolute atomic E-state index is 12.0. The van der Waals surface area contributed by atoms with E-state index >= 15 is 0 Å². The van der Waals surface area contributed by atoms with Gasteiger partial charge in [-0.15, -0.1) is 24.5 Å². The van der Waals surface area contributed by atoms with Gasteiger partial charge in [-0.05, 0) is 29.8 Å². The highest BCUT2D eigenvalue weighted by atomic mass is 79.9. The van der Waals surface area contributed by atoms with Gasteiger partial charge in [0.15, 0.2) is 0 Å². The van der Waals surface area contributed by atoms with Crippen LogP contribution in [0, 0.1) is 0 Å². The fraction of sp³-hybridized carbons (Fsp3) is 0.167. The largest absolute Gasteiger partial charge is 0.573 e. The van der Waals surface area contributed by atoms with Crippen LogP contribution in [0.1, 0.15) is 15.3 Å². The zero-order valence-corrected chi connectivity index (χ0v) is 12.4. The van der Waals surface area contributed by atoms with Gasteiger partial charge >= 0.3 is 6.36 Å². The Bertz CT molecular complexity index is 553. The molecule has 0 saturated heterocycles. The minimum atomic E-state index is -4.67. The molecule has 7 heteroatoms. The fourth-order valence-electron chi connectivity index (χ4n) is 1.47. The molecule has 1 aromatic carbocycles. The standard InChI is InChI=1S/C12H7BrClF3OS/c13-11(9-5-6-10(14)19-9)7-1-3-8(4-2-7)18-12(15,16)17/h1-6,11H. The highest BCUT2D eigenvalue weighted by molar-refractivity contribution is 9.09. The Morgan fingerprint density at radius 1 is 1.11 bits per heavy atom. The van der Waals surface area contributed by atoms with Crippen LogP contribution in [0.4, 0.5) is 13.2 Å². The third-order valence-electron chi connectivity index (χ3n) is 2.25. The van der Waals surface area contributed by atoms with Crippen LogP contribution < -0.4 is 4.74 Å². The Kier molecular flexibility index (Phi) is 4.43. The van der Waals surface area contributed by atoms with Crippen LogP contribution in [0.25, 0.3) is 0 Å². The number of hydrogen-bond donors (Lipinski definition) is 0. The molecule has 19 heavy (non-hydrogen) atoms. The van der Waals surface area contributed by atoms with Crippen LogP contribution >= 0.6 is 38.9 Å². The summed E-state index contributed by atoms with van der Waals surface area (Å²) in [5.41, 5.74) is 0.827. The third kappa shape index (κ3) is 4.12. The number of hydrogen-bond acceptors (Lipinski definition) is 2. The van der Waals surface area contributed by atoms with Crippen LogP contribution in [0.2, 0.25) is 4.34 Å². The maximum Gasteiger partial charge on any atom is 0.573 e. The Morgan fingerprint density at radius 2 is 1.74 bits per heavy atom. The van der Waals surface area contributed by atoms with E-state index in [1.807, 2.05) is 6.07 Å². The molecular weight excluding hydrogens is 365 g/mol. The van der Waals surface area contributed by atoms with Gasteiger partial charge < -0.3 is 4.74 Å². The summed E-state index contributed by atoms with van der Waals surface area (Å²) in [5, 5.41) is 0. The molecule has 0 saturated carbocycles. The molecule has 1 heterocycles. The molecule has 0 aliphatic heterocycles. The number of ether oxygens (including phenoxy) is 1. The molecule has 0 N–H and O–H groups in total. The predicted molar refractivity (Wildman–Crippen MR) is 73.2 cm³/mol. The van der Waals surface area contributed by atoms with E-state index in [1.165, 1.54) is 23.5 Å². The van der Waals surface area contributed by atoms with E-state index in [2.05, 4.69) is 20.7 Å². The van der Waals surface area contributed by atoms with Crippen molar-refractivity contribution in [2.45, 2.75) is 11.2 Å². The summed E-state index contributed by atoms with van der Waals surface area (Å²) in [4.78, 5) is 0.874. The van der Waals surface area contributed by atoms with Gasteiger partial charge in [-0.25, -0.2) is 0 Å². The summed E-state index contributed by atoms with van der Waals surface area (Å²) >= 11 is 10.7. The summed E-state index contributed by atoms with van der Waals surface area (Å²) in [6.07, 6.45) is -4.67. The van der Waals surface area contributed by atoms with Crippen molar-refractivity contribution in [3.05, 3.63) is 51.2 Å². The summed E-state index contributed by atoms with van der Waals surface area (Å²) in [7, 11) is 0. The number of alkyl halides is 4. The lowest BCUT2D eigenvalue weighted by Crippen LogP contribution is -2.17. The van der Waals surface area contributed by atoms with Gasteiger partial charge in [0, 0.05) is 4.88 Å². The van der Waals surface area contributed by atoms with E-state index in [9.17, 15) is 13.2 Å². The molecule has 0 radical (unpaired) electrons. The smallest absolute Gasteiger partial charge is 0.406 e. The highest BCUT2D eigenvalue weighted by Gasteiger charge is 2.31. The van der Waals surface area contributed by atoms with Crippen molar-refractivity contribution in [3.8, 4) is 5.75 Å². The first kappa shape index (κ1) is 14.7. The Labute approximate surface area is 125 Å². The average molecular weight is 372 g/mol. The monoisotopic (exact) mass is 370 g/mol. The zero-order valence-electron chi connectivity index (χ0n) is 9.25. The topological polar surface area (TPSA) is 9.23 Å². The molecule has 0 aliphatic carbocycles. The van der Waals surface area contributed by atoms with Crippen molar-refractivity contribution in [2.75, 3.05) is 0 Å². The zero-order chi connectivity index (χ0) is 14.0. The number of benzene rings is 1. The van der Waals surface area contributed by atoms with Crippen LogP contribution in [0.15, 0.2) is 36.4 Å². The number of rotatable bonds is 3. The van der Waals surface area contributed by atoms with Crippen molar-refractivity contribution in [1.82, 2.24) is 0 Å². The first-order chi connectivity index (χ1) is 8.85. The molecular formula is C12H7BrClF3OS. The second kappa shape index (κ2) is 5.73. The fourth-order valence-corrected chi connectivity index (χ4v) is 3.27. The van der Waals surface area contributed by atoms with Crippen molar-refractivity contribution in [1.29, 1.82) is 0 Å². The molecule has 2 rings (SSSR count). The maximum atomic E-state index is 12.0. The Balaban J connectivity index is 2.14. The van der Waals surface area contributed by atoms with Crippen molar-refractivity contribution >= 4 is 38.9 Å². The van der Waals surface area contributed by atoms with Crippen LogP contribution in [-0.4, -0.2) is 6.36 Å². The molecule has 0 amide bonds. The first-order valence-electron chi connectivity index (χ1n) is 5.10. The van der Waals surface area contributed by atoms with E-state index in [4.69, 9.17) is 11.6 Å². The molecule has 1 nitrogen and oxygen atoms in total. The summed E-state index contributed by atoms with van der Waals surface area (Å²) in [5.74, 6) is -0.236. The third-order valence-corrected chi connectivity index (χ3v) is 4.87. The lowest BCUT2D eigenvalue weighted by Gasteiger charge is -2.11. The summed E-state index contributed by atoms with van der Waals surface area (Å²) in [6, 6.07) is 9.37. The molecule has 0 spiro atoms. The summed E-state index contributed by atoms with van der Waals surface area (Å²) in [6.45, 7) is 0. The van der Waals surface area contributed by atoms with E-state index in [1.54, 1.807) is 18.2 Å². The van der Waals surface area contributed by atoms with Crippen molar-refractivity contribution < 1.29 is 17.9 Å². The van der Waals surface area contributed by atoms with E-state index in [0.29, 0.717) is 4.34 Å². The van der Waals surface area contributed by atoms with Crippen molar-refractivity contribution in [2.24, 2.45) is 0 Å². The van der Waals surface area contributed by atoms with Gasteiger partial charge in [0.1, 0.15) is 5.75 Å². The van der Waals surface area contributed by atoms with E-state index in [-0.39, 0.29) is 10.6 Å². The number of halogens is 5. The Hall–Kier alpha value is -0.720. The van der Waals surface area contributed by atoms with Crippen LogP contribution in [0.5, 0.6) is 5.75 Å². The average Bonchev–Trinajstić information content (AvgIpc) is 2.74. The lowest BCUT2D eigenvalue weighted by atomic mass is 10.1. The minimum Gasteiger partial charge on any atom is -0.406 e. The predicted octanol–water partition coefficient (Wildman–Crippen LogP) is 5.78. The molecule has 2 aromatic rings. The minimum absolute atomic E-state index is 0.107. The molecule has 1 aromatic heterocycles. The van der Waals surface area contributed by atoms with Gasteiger partial charge in [0.25, 0.3) is 0 Å². The van der Waals surface area contributed by atoms with Gasteiger partial charge in [-0.1, -0.05) is 39.7 Å². The van der Waals surface area contributed by atoms with Crippen LogP contribution in [0.3, 0.4) is 0 Å². The van der Waals surface area contributed by atoms with Gasteiger partial charge in [0.05, 0.1) is 9.16 Å². The van der Waals surface area contributed by atoms with Gasteiger partial charge in [0.2, 0.25) is 0 Å². The normalized spacial score (nSPS) is 13.3. The SMILES string of the molecule is FC(F)(F)Oc1ccc(C(Br)c2ccc(Cl)s2)cc1. The second-order valence-corrected chi connectivity index (χ2v) is 6.28. The van der Waals surface area contributed by atoms with E-state index in [0.717, 1.165) is 10.4 Å². The highest BCUT2D eigenvalue weighted by Crippen LogP contribution is 2.37. The van der Waals surface area contributed by atoms with Gasteiger partial charge in [-0.3, -0.25) is 0 Å².